The van der Waals surface area contributed by atoms with Gasteiger partial charge < -0.3 is 4.90 Å². The Bertz CT molecular complexity index is 666. The van der Waals surface area contributed by atoms with Crippen LogP contribution in [0.5, 0.6) is 0 Å². The highest BCUT2D eigenvalue weighted by Gasteiger charge is 2.26. The van der Waals surface area contributed by atoms with Crippen molar-refractivity contribution in [2.24, 2.45) is 0 Å². The van der Waals surface area contributed by atoms with Gasteiger partial charge in [-0.2, -0.15) is 0 Å². The van der Waals surface area contributed by atoms with Crippen LogP contribution in [0.2, 0.25) is 0 Å². The van der Waals surface area contributed by atoms with Crippen LogP contribution in [-0.4, -0.2) is 28.4 Å². The van der Waals surface area contributed by atoms with Gasteiger partial charge in [0.25, 0.3) is 5.91 Å². The highest BCUT2D eigenvalue weighted by molar-refractivity contribution is 5.93. The summed E-state index contributed by atoms with van der Waals surface area (Å²) in [7, 11) is 0. The lowest BCUT2D eigenvalue weighted by atomic mass is 10.1. The van der Waals surface area contributed by atoms with Crippen molar-refractivity contribution in [1.82, 2.24) is 9.88 Å². The second kappa shape index (κ2) is 5.68. The molecule has 21 heavy (non-hydrogen) atoms. The van der Waals surface area contributed by atoms with Gasteiger partial charge in [-0.15, -0.1) is 0 Å². The van der Waals surface area contributed by atoms with Crippen LogP contribution in [0.25, 0.3) is 11.3 Å². The molecule has 3 nitrogen and oxygen atoms in total. The van der Waals surface area contributed by atoms with Crippen LogP contribution in [-0.2, 0) is 0 Å². The van der Waals surface area contributed by atoms with E-state index in [4.69, 9.17) is 0 Å². The number of rotatable bonds is 2. The first-order valence-electron chi connectivity index (χ1n) is 7.51. The minimum atomic E-state index is 0.0513. The number of aryl methyl sites for hydroxylation is 1. The molecule has 1 amide bonds. The predicted octanol–water partition coefficient (Wildman–Crippen LogP) is 3.68. The number of nitrogens with zero attached hydrogens (tertiary/aromatic N) is 2. The molecule has 0 N–H and O–H groups in total. The first-order chi connectivity index (χ1) is 10.2. The topological polar surface area (TPSA) is 33.2 Å². The molecule has 0 radical (unpaired) electrons. The van der Waals surface area contributed by atoms with Gasteiger partial charge in [0.1, 0.15) is 5.69 Å². The Morgan fingerprint density at radius 2 is 2.00 bits per heavy atom. The maximum absolute atomic E-state index is 12.6. The lowest BCUT2D eigenvalue weighted by molar-refractivity contribution is 0.0741. The van der Waals surface area contributed by atoms with Crippen molar-refractivity contribution in [3.63, 3.8) is 0 Å². The normalized spacial score (nSPS) is 18.0. The number of amides is 1. The molecule has 1 unspecified atom stereocenters. The Morgan fingerprint density at radius 1 is 1.19 bits per heavy atom. The van der Waals surface area contributed by atoms with Crippen LogP contribution in [0.4, 0.5) is 0 Å². The van der Waals surface area contributed by atoms with Gasteiger partial charge in [0.05, 0.1) is 5.69 Å². The maximum Gasteiger partial charge on any atom is 0.272 e. The van der Waals surface area contributed by atoms with E-state index in [0.29, 0.717) is 11.7 Å². The third kappa shape index (κ3) is 2.68. The number of benzene rings is 1. The van der Waals surface area contributed by atoms with Crippen molar-refractivity contribution in [2.45, 2.75) is 32.7 Å². The molecule has 1 aromatic carbocycles. The number of hydrogen-bond donors (Lipinski definition) is 0. The lowest BCUT2D eigenvalue weighted by Gasteiger charge is -2.21. The van der Waals surface area contributed by atoms with Crippen LogP contribution in [0.1, 0.15) is 35.8 Å². The molecular formula is C18H20N2O. The summed E-state index contributed by atoms with van der Waals surface area (Å²) in [6.45, 7) is 5.01. The van der Waals surface area contributed by atoms with E-state index in [1.165, 1.54) is 5.56 Å². The third-order valence-electron chi connectivity index (χ3n) is 4.20. The molecule has 1 saturated heterocycles. The molecule has 0 bridgehead atoms. The average molecular weight is 280 g/mol. The quantitative estimate of drug-likeness (QED) is 0.840. The summed E-state index contributed by atoms with van der Waals surface area (Å²) in [4.78, 5) is 19.1. The van der Waals surface area contributed by atoms with E-state index in [2.05, 4.69) is 24.9 Å². The molecule has 3 rings (SSSR count). The Labute approximate surface area is 125 Å². The summed E-state index contributed by atoms with van der Waals surface area (Å²) in [5.74, 6) is 0.0513. The molecule has 3 heteroatoms. The second-order valence-electron chi connectivity index (χ2n) is 5.71. The van der Waals surface area contributed by atoms with Crippen molar-refractivity contribution in [2.75, 3.05) is 6.54 Å². The van der Waals surface area contributed by atoms with Gasteiger partial charge in [-0.25, -0.2) is 4.98 Å². The van der Waals surface area contributed by atoms with Crippen LogP contribution in [0.3, 0.4) is 0 Å². The fraction of sp³-hybridized carbons (Fsp3) is 0.333. The highest BCUT2D eigenvalue weighted by atomic mass is 16.2. The molecule has 0 saturated carbocycles. The SMILES string of the molecule is Cc1ccccc1-c1cccc(C(=O)N2CCCC2C)n1. The summed E-state index contributed by atoms with van der Waals surface area (Å²) in [6, 6.07) is 14.1. The van der Waals surface area contributed by atoms with Crippen molar-refractivity contribution >= 4 is 5.91 Å². The van der Waals surface area contributed by atoms with Gasteiger partial charge in [-0.1, -0.05) is 30.3 Å². The minimum absolute atomic E-state index is 0.0513. The molecule has 1 aliphatic heterocycles. The zero-order chi connectivity index (χ0) is 14.8. The van der Waals surface area contributed by atoms with Gasteiger partial charge in [0.2, 0.25) is 0 Å². The first-order valence-corrected chi connectivity index (χ1v) is 7.51. The van der Waals surface area contributed by atoms with E-state index >= 15 is 0 Å². The van der Waals surface area contributed by atoms with Crippen LogP contribution >= 0.6 is 0 Å². The van der Waals surface area contributed by atoms with Crippen molar-refractivity contribution in [3.8, 4) is 11.3 Å². The zero-order valence-corrected chi connectivity index (χ0v) is 12.5. The summed E-state index contributed by atoms with van der Waals surface area (Å²) < 4.78 is 0. The fourth-order valence-electron chi connectivity index (χ4n) is 2.95. The lowest BCUT2D eigenvalue weighted by Crippen LogP contribution is -2.34. The number of likely N-dealkylation sites (tertiary alicyclic amines) is 1. The number of carbonyl (C=O) groups excluding carboxylic acids is 1. The van der Waals surface area contributed by atoms with E-state index in [9.17, 15) is 4.79 Å². The number of carbonyl (C=O) groups is 1. The number of hydrogen-bond acceptors (Lipinski definition) is 2. The van der Waals surface area contributed by atoms with Gasteiger partial charge >= 0.3 is 0 Å². The van der Waals surface area contributed by atoms with E-state index in [1.807, 2.05) is 41.3 Å². The molecule has 0 aliphatic carbocycles. The van der Waals surface area contributed by atoms with Crippen LogP contribution in [0, 0.1) is 6.92 Å². The Kier molecular flexibility index (Phi) is 3.74. The average Bonchev–Trinajstić information content (AvgIpc) is 2.93. The number of aromatic nitrogens is 1. The molecule has 1 fully saturated rings. The van der Waals surface area contributed by atoms with Crippen molar-refractivity contribution < 1.29 is 4.79 Å². The largest absolute Gasteiger partial charge is 0.335 e. The zero-order valence-electron chi connectivity index (χ0n) is 12.5. The van der Waals surface area contributed by atoms with E-state index in [1.54, 1.807) is 0 Å². The minimum Gasteiger partial charge on any atom is -0.335 e. The van der Waals surface area contributed by atoms with Gasteiger partial charge in [0.15, 0.2) is 0 Å². The predicted molar refractivity (Wildman–Crippen MR) is 84.1 cm³/mol. The third-order valence-corrected chi connectivity index (χ3v) is 4.20. The first kappa shape index (κ1) is 13.8. The standard InChI is InChI=1S/C18H20N2O/c1-13-7-3-4-9-15(13)16-10-5-11-17(19-16)18(21)20-12-6-8-14(20)2/h3-5,7,9-11,14H,6,8,12H2,1-2H3. The molecular weight excluding hydrogens is 260 g/mol. The molecule has 1 atom stereocenters. The Balaban J connectivity index is 1.94. The summed E-state index contributed by atoms with van der Waals surface area (Å²) in [5.41, 5.74) is 3.67. The van der Waals surface area contributed by atoms with Gasteiger partial charge in [0, 0.05) is 18.2 Å². The van der Waals surface area contributed by atoms with Crippen molar-refractivity contribution in [3.05, 3.63) is 53.7 Å². The van der Waals surface area contributed by atoms with Crippen LogP contribution in [0.15, 0.2) is 42.5 Å². The van der Waals surface area contributed by atoms with Crippen LogP contribution < -0.4 is 0 Å². The van der Waals surface area contributed by atoms with E-state index in [0.717, 1.165) is 30.6 Å². The highest BCUT2D eigenvalue weighted by Crippen LogP contribution is 2.23. The van der Waals surface area contributed by atoms with E-state index < -0.39 is 0 Å². The molecule has 1 aromatic heterocycles. The maximum atomic E-state index is 12.6. The summed E-state index contributed by atoms with van der Waals surface area (Å²) in [5, 5.41) is 0. The molecule has 108 valence electrons. The van der Waals surface area contributed by atoms with Gasteiger partial charge in [-0.05, 0) is 44.4 Å². The van der Waals surface area contributed by atoms with Crippen molar-refractivity contribution in [1.29, 1.82) is 0 Å². The summed E-state index contributed by atoms with van der Waals surface area (Å²) >= 11 is 0. The molecule has 1 aliphatic rings. The summed E-state index contributed by atoms with van der Waals surface area (Å²) in [6.07, 6.45) is 2.17. The number of pyridine rings is 1. The monoisotopic (exact) mass is 280 g/mol. The molecule has 2 heterocycles. The Hall–Kier alpha value is -2.16. The second-order valence-corrected chi connectivity index (χ2v) is 5.71. The smallest absolute Gasteiger partial charge is 0.272 e. The molecule has 0 spiro atoms. The Morgan fingerprint density at radius 3 is 2.71 bits per heavy atom. The fourth-order valence-corrected chi connectivity index (χ4v) is 2.95. The van der Waals surface area contributed by atoms with E-state index in [-0.39, 0.29) is 5.91 Å². The van der Waals surface area contributed by atoms with Gasteiger partial charge in [-0.3, -0.25) is 4.79 Å². The molecule has 2 aromatic rings.